The van der Waals surface area contributed by atoms with Crippen LogP contribution in [0.1, 0.15) is 18.4 Å². The van der Waals surface area contributed by atoms with E-state index in [4.69, 9.17) is 9.47 Å². The van der Waals surface area contributed by atoms with Crippen LogP contribution in [0.3, 0.4) is 0 Å². The van der Waals surface area contributed by atoms with Crippen LogP contribution in [0, 0.1) is 0 Å². The van der Waals surface area contributed by atoms with Crippen molar-refractivity contribution in [2.45, 2.75) is 19.4 Å². The van der Waals surface area contributed by atoms with Gasteiger partial charge in [0, 0.05) is 12.4 Å². The van der Waals surface area contributed by atoms with Crippen molar-refractivity contribution in [3.05, 3.63) is 23.8 Å². The molecule has 1 aromatic rings. The maximum Gasteiger partial charge on any atom is 0.169 e. The largest absolute Gasteiger partial charge is 0.550 e. The fourth-order valence-corrected chi connectivity index (χ4v) is 2.27. The van der Waals surface area contributed by atoms with Gasteiger partial charge < -0.3 is 23.9 Å². The van der Waals surface area contributed by atoms with E-state index in [1.807, 2.05) is 18.2 Å². The zero-order chi connectivity index (χ0) is 15.2. The van der Waals surface area contributed by atoms with Gasteiger partial charge in [0.15, 0.2) is 11.5 Å². The van der Waals surface area contributed by atoms with Gasteiger partial charge in [0.1, 0.15) is 6.54 Å². The van der Waals surface area contributed by atoms with Crippen LogP contribution in [0.2, 0.25) is 0 Å². The van der Waals surface area contributed by atoms with Crippen LogP contribution >= 0.6 is 0 Å². The number of aliphatic carboxylic acids is 1. The van der Waals surface area contributed by atoms with E-state index in [0.29, 0.717) is 16.7 Å². The molecule has 0 atom stereocenters. The number of nitrogens with zero attached hydrogens (tertiary/aromatic N) is 1. The molecule has 0 N–H and O–H groups in total. The van der Waals surface area contributed by atoms with Crippen molar-refractivity contribution in [3.8, 4) is 11.5 Å². The van der Waals surface area contributed by atoms with Crippen LogP contribution in [-0.4, -0.2) is 45.3 Å². The summed E-state index contributed by atoms with van der Waals surface area (Å²) < 4.78 is 11.4. The van der Waals surface area contributed by atoms with Crippen molar-refractivity contribution in [1.82, 2.24) is 0 Å². The minimum atomic E-state index is -0.996. The predicted molar refractivity (Wildman–Crippen MR) is 74.5 cm³/mol. The highest BCUT2D eigenvalue weighted by Crippen LogP contribution is 2.32. The molecule has 1 rings (SSSR count). The molecule has 20 heavy (non-hydrogen) atoms. The van der Waals surface area contributed by atoms with Gasteiger partial charge in [-0.1, -0.05) is 6.07 Å². The first-order valence-corrected chi connectivity index (χ1v) is 6.61. The number of quaternary nitrogens is 1. The van der Waals surface area contributed by atoms with Crippen molar-refractivity contribution in [2.24, 2.45) is 0 Å². The van der Waals surface area contributed by atoms with Crippen LogP contribution in [0.25, 0.3) is 0 Å². The topological polar surface area (TPSA) is 58.6 Å². The Morgan fingerprint density at radius 1 is 1.25 bits per heavy atom. The monoisotopic (exact) mass is 281 g/mol. The van der Waals surface area contributed by atoms with E-state index in [0.717, 1.165) is 24.4 Å². The maximum atomic E-state index is 10.5. The quantitative estimate of drug-likeness (QED) is 0.662. The predicted octanol–water partition coefficient (Wildman–Crippen LogP) is 0.810. The van der Waals surface area contributed by atoms with E-state index in [1.54, 1.807) is 14.2 Å². The molecule has 0 bridgehead atoms. The van der Waals surface area contributed by atoms with Gasteiger partial charge in [0.25, 0.3) is 0 Å². The number of carbonyl (C=O) groups excluding carboxylic acids is 1. The number of para-hydroxylation sites is 1. The summed E-state index contributed by atoms with van der Waals surface area (Å²) in [7, 11) is 7.36. The summed E-state index contributed by atoms with van der Waals surface area (Å²) >= 11 is 0. The Balaban J connectivity index is 2.78. The molecular weight excluding hydrogens is 258 g/mol. The van der Waals surface area contributed by atoms with Gasteiger partial charge >= 0.3 is 0 Å². The van der Waals surface area contributed by atoms with Gasteiger partial charge in [-0.2, -0.15) is 0 Å². The van der Waals surface area contributed by atoms with E-state index < -0.39 is 5.97 Å². The van der Waals surface area contributed by atoms with Gasteiger partial charge in [-0.05, 0) is 18.6 Å². The van der Waals surface area contributed by atoms with E-state index in [-0.39, 0.29) is 6.42 Å². The number of carboxylic acid groups (broad SMARTS) is 1. The number of carbonyl (C=O) groups is 1. The number of rotatable bonds is 8. The fraction of sp³-hybridized carbons (Fsp3) is 0.533. The first-order valence-electron chi connectivity index (χ1n) is 6.61. The summed E-state index contributed by atoms with van der Waals surface area (Å²) in [5, 5.41) is 10.5. The second-order valence-electron chi connectivity index (χ2n) is 5.45. The highest BCUT2D eigenvalue weighted by atomic mass is 16.5. The third-order valence-corrected chi connectivity index (χ3v) is 3.23. The number of carboxylic acids is 1. The molecule has 1 aromatic carbocycles. The highest BCUT2D eigenvalue weighted by Gasteiger charge is 2.20. The Morgan fingerprint density at radius 3 is 2.50 bits per heavy atom. The molecular formula is C15H23NO4. The zero-order valence-corrected chi connectivity index (χ0v) is 12.6. The molecule has 0 saturated carbocycles. The van der Waals surface area contributed by atoms with Crippen LogP contribution < -0.4 is 14.6 Å². The summed E-state index contributed by atoms with van der Waals surface area (Å²) in [6.45, 7) is 1.50. The Morgan fingerprint density at radius 2 is 1.95 bits per heavy atom. The lowest BCUT2D eigenvalue weighted by atomic mass is 10.1. The summed E-state index contributed by atoms with van der Waals surface area (Å²) in [6.07, 6.45) is 0.693. The normalized spacial score (nSPS) is 11.2. The molecule has 0 fully saturated rings. The molecule has 0 aliphatic carbocycles. The highest BCUT2D eigenvalue weighted by molar-refractivity contribution is 5.64. The van der Waals surface area contributed by atoms with Crippen LogP contribution in [0.15, 0.2) is 18.2 Å². The van der Waals surface area contributed by atoms with Crippen LogP contribution in [0.4, 0.5) is 0 Å². The summed E-state index contributed by atoms with van der Waals surface area (Å²) in [4.78, 5) is 10.5. The molecule has 0 saturated heterocycles. The molecule has 0 heterocycles. The number of hydrogen-bond donors (Lipinski definition) is 0. The van der Waals surface area contributed by atoms with Gasteiger partial charge in [0.05, 0.1) is 40.4 Å². The first-order chi connectivity index (χ1) is 9.39. The molecule has 0 radical (unpaired) electrons. The molecule has 0 aliphatic rings. The molecule has 0 unspecified atom stereocenters. The minimum absolute atomic E-state index is 0.0942. The van der Waals surface area contributed by atoms with Gasteiger partial charge in [0.2, 0.25) is 0 Å². The standard InChI is InChI=1S/C15H23NO4/c1-16(2,10-6-9-14(17)18)11-12-7-5-8-13(19-3)15(12)20-4/h5,7-8H,6,9-11H2,1-4H3. The average Bonchev–Trinajstić information content (AvgIpc) is 2.37. The lowest BCUT2D eigenvalue weighted by Gasteiger charge is -2.30. The molecule has 0 spiro atoms. The Labute approximate surface area is 120 Å². The zero-order valence-electron chi connectivity index (χ0n) is 12.6. The smallest absolute Gasteiger partial charge is 0.169 e. The lowest BCUT2D eigenvalue weighted by molar-refractivity contribution is -0.903. The first kappa shape index (κ1) is 16.3. The Hall–Kier alpha value is -1.75. The van der Waals surface area contributed by atoms with Crippen molar-refractivity contribution >= 4 is 5.97 Å². The van der Waals surface area contributed by atoms with E-state index >= 15 is 0 Å². The van der Waals surface area contributed by atoms with Crippen LogP contribution in [-0.2, 0) is 11.3 Å². The third-order valence-electron chi connectivity index (χ3n) is 3.23. The van der Waals surface area contributed by atoms with Gasteiger partial charge in [-0.3, -0.25) is 0 Å². The Kier molecular flexibility index (Phi) is 5.82. The molecule has 5 heteroatoms. The molecule has 5 nitrogen and oxygen atoms in total. The van der Waals surface area contributed by atoms with E-state index in [1.165, 1.54) is 0 Å². The number of ether oxygens (including phenoxy) is 2. The molecule has 0 aromatic heterocycles. The number of methoxy groups -OCH3 is 2. The summed E-state index contributed by atoms with van der Waals surface area (Å²) in [6, 6.07) is 5.79. The number of benzene rings is 1. The average molecular weight is 281 g/mol. The SMILES string of the molecule is COc1cccc(C[N+](C)(C)CCCC(=O)[O-])c1OC. The second-order valence-corrected chi connectivity index (χ2v) is 5.45. The fourth-order valence-electron chi connectivity index (χ4n) is 2.27. The lowest BCUT2D eigenvalue weighted by Crippen LogP contribution is -2.40. The second kappa shape index (κ2) is 7.14. The van der Waals surface area contributed by atoms with Crippen LogP contribution in [0.5, 0.6) is 11.5 Å². The molecule has 112 valence electrons. The van der Waals surface area contributed by atoms with E-state index in [9.17, 15) is 9.90 Å². The molecule has 0 amide bonds. The minimum Gasteiger partial charge on any atom is -0.550 e. The van der Waals surface area contributed by atoms with Crippen molar-refractivity contribution in [2.75, 3.05) is 34.9 Å². The van der Waals surface area contributed by atoms with Crippen molar-refractivity contribution in [1.29, 1.82) is 0 Å². The third kappa shape index (κ3) is 4.74. The Bertz CT molecular complexity index is 457. The van der Waals surface area contributed by atoms with Gasteiger partial charge in [-0.15, -0.1) is 0 Å². The van der Waals surface area contributed by atoms with E-state index in [2.05, 4.69) is 14.1 Å². The van der Waals surface area contributed by atoms with Crippen molar-refractivity contribution in [3.63, 3.8) is 0 Å². The van der Waals surface area contributed by atoms with Crippen molar-refractivity contribution < 1.29 is 23.9 Å². The van der Waals surface area contributed by atoms with Gasteiger partial charge in [-0.25, -0.2) is 0 Å². The summed E-state index contributed by atoms with van der Waals surface area (Å²) in [5.41, 5.74) is 1.05. The summed E-state index contributed by atoms with van der Waals surface area (Å²) in [5.74, 6) is 0.449. The maximum absolute atomic E-state index is 10.5. The molecule has 0 aliphatic heterocycles. The number of hydrogen-bond acceptors (Lipinski definition) is 4.